The summed E-state index contributed by atoms with van der Waals surface area (Å²) in [5, 5.41) is 3.55. The molecule has 1 aliphatic rings. The molecule has 1 saturated heterocycles. The molecular weight excluding hydrogens is 439 g/mol. The van der Waals surface area contributed by atoms with Gasteiger partial charge in [0.15, 0.2) is 0 Å². The lowest BCUT2D eigenvalue weighted by atomic mass is 10.2. The highest BCUT2D eigenvalue weighted by atomic mass is 35.5. The summed E-state index contributed by atoms with van der Waals surface area (Å²) in [5.74, 6) is 0. The number of halogens is 2. The fraction of sp³-hybridized carbons (Fsp3) is 0.211. The molecule has 1 aliphatic heterocycles. The number of rotatable bonds is 4. The molecule has 0 unspecified atom stereocenters. The van der Waals surface area contributed by atoms with Crippen LogP contribution in [0.25, 0.3) is 21.8 Å². The molecule has 1 aromatic heterocycles. The maximum atomic E-state index is 12.7. The van der Waals surface area contributed by atoms with Crippen LogP contribution in [-0.2, 0) is 14.8 Å². The van der Waals surface area contributed by atoms with Crippen LogP contribution in [0.4, 0.5) is 0 Å². The van der Waals surface area contributed by atoms with Crippen molar-refractivity contribution in [1.29, 1.82) is 0 Å². The zero-order chi connectivity index (χ0) is 18.9. The van der Waals surface area contributed by atoms with Gasteiger partial charge in [-0.15, -0.1) is 23.7 Å². The largest absolute Gasteiger partial charge is 0.379 e. The lowest BCUT2D eigenvalue weighted by Crippen LogP contribution is -2.40. The maximum absolute atomic E-state index is 12.7. The average molecular weight is 457 g/mol. The van der Waals surface area contributed by atoms with Gasteiger partial charge in [-0.25, -0.2) is 13.4 Å². The third kappa shape index (κ3) is 4.40. The van der Waals surface area contributed by atoms with Crippen molar-refractivity contribution in [2.75, 3.05) is 26.3 Å². The Morgan fingerprint density at radius 3 is 2.21 bits per heavy atom. The molecule has 28 heavy (non-hydrogen) atoms. The van der Waals surface area contributed by atoms with Gasteiger partial charge in [0.05, 0.1) is 23.8 Å². The first-order chi connectivity index (χ1) is 13.0. The average Bonchev–Trinajstić information content (AvgIpc) is 3.19. The number of aromatic nitrogens is 1. The van der Waals surface area contributed by atoms with Crippen LogP contribution in [-0.4, -0.2) is 44.0 Å². The number of sulfonamides is 1. The molecule has 148 valence electrons. The van der Waals surface area contributed by atoms with Crippen LogP contribution in [0.3, 0.4) is 0 Å². The Balaban J connectivity index is 0.00000225. The maximum Gasteiger partial charge on any atom is 0.243 e. The normalized spacial score (nSPS) is 15.2. The highest BCUT2D eigenvalue weighted by Gasteiger charge is 2.26. The molecule has 2 heterocycles. The van der Waals surface area contributed by atoms with E-state index in [1.807, 2.05) is 29.6 Å². The standard InChI is InChI=1S/C19H17ClN2O3S2.ClH/c20-16-5-1-15(2-6-16)19-21-18(13-26-19)14-3-7-17(8-4-14)27(23,24)22-9-11-25-12-10-22;/h1-8,13H,9-12H2;1H. The quantitative estimate of drug-likeness (QED) is 0.576. The summed E-state index contributed by atoms with van der Waals surface area (Å²) in [7, 11) is -3.48. The molecule has 4 rings (SSSR count). The van der Waals surface area contributed by atoms with Gasteiger partial charge in [-0.3, -0.25) is 0 Å². The van der Waals surface area contributed by atoms with Crippen molar-refractivity contribution in [3.05, 3.63) is 58.9 Å². The van der Waals surface area contributed by atoms with Crippen molar-refractivity contribution in [2.24, 2.45) is 0 Å². The molecule has 0 radical (unpaired) electrons. The monoisotopic (exact) mass is 456 g/mol. The minimum absolute atomic E-state index is 0. The zero-order valence-corrected chi connectivity index (χ0v) is 18.0. The SMILES string of the molecule is Cl.O=S(=O)(c1ccc(-c2csc(-c3ccc(Cl)cc3)n2)cc1)N1CCOCC1. The van der Waals surface area contributed by atoms with Crippen LogP contribution in [0, 0.1) is 0 Å². The predicted molar refractivity (Wildman–Crippen MR) is 115 cm³/mol. The number of hydrogen-bond acceptors (Lipinski definition) is 5. The van der Waals surface area contributed by atoms with E-state index in [2.05, 4.69) is 4.98 Å². The molecular formula is C19H18Cl2N2O3S2. The molecule has 1 fully saturated rings. The van der Waals surface area contributed by atoms with Crippen LogP contribution >= 0.6 is 35.3 Å². The number of nitrogens with zero attached hydrogens (tertiary/aromatic N) is 2. The minimum Gasteiger partial charge on any atom is -0.379 e. The van der Waals surface area contributed by atoms with Crippen molar-refractivity contribution in [3.63, 3.8) is 0 Å². The van der Waals surface area contributed by atoms with E-state index in [1.165, 1.54) is 4.31 Å². The number of benzene rings is 2. The fourth-order valence-corrected chi connectivity index (χ4v) is 5.23. The molecule has 0 aliphatic carbocycles. The van der Waals surface area contributed by atoms with E-state index in [0.717, 1.165) is 21.8 Å². The summed E-state index contributed by atoms with van der Waals surface area (Å²) < 4.78 is 32.1. The van der Waals surface area contributed by atoms with E-state index in [1.54, 1.807) is 35.6 Å². The van der Waals surface area contributed by atoms with E-state index in [4.69, 9.17) is 16.3 Å². The Labute approximate surface area is 179 Å². The summed E-state index contributed by atoms with van der Waals surface area (Å²) in [5.41, 5.74) is 2.70. The summed E-state index contributed by atoms with van der Waals surface area (Å²) in [6, 6.07) is 14.4. The van der Waals surface area contributed by atoms with Crippen molar-refractivity contribution in [2.45, 2.75) is 4.90 Å². The molecule has 0 saturated carbocycles. The Hall–Kier alpha value is -1.48. The third-order valence-corrected chi connectivity index (χ3v) is 7.41. The van der Waals surface area contributed by atoms with E-state index >= 15 is 0 Å². The van der Waals surface area contributed by atoms with E-state index < -0.39 is 10.0 Å². The zero-order valence-electron chi connectivity index (χ0n) is 14.7. The Bertz CT molecular complexity index is 1030. The highest BCUT2D eigenvalue weighted by Crippen LogP contribution is 2.30. The number of hydrogen-bond donors (Lipinski definition) is 0. The molecule has 0 atom stereocenters. The summed E-state index contributed by atoms with van der Waals surface area (Å²) in [4.78, 5) is 4.95. The van der Waals surface area contributed by atoms with Gasteiger partial charge in [-0.05, 0) is 24.3 Å². The van der Waals surface area contributed by atoms with E-state index in [0.29, 0.717) is 36.2 Å². The van der Waals surface area contributed by atoms with Gasteiger partial charge in [0.2, 0.25) is 10.0 Å². The first kappa shape index (κ1) is 21.2. The molecule has 0 bridgehead atoms. The Morgan fingerprint density at radius 2 is 1.57 bits per heavy atom. The van der Waals surface area contributed by atoms with Crippen molar-refractivity contribution >= 4 is 45.4 Å². The van der Waals surface area contributed by atoms with Crippen LogP contribution in [0.1, 0.15) is 0 Å². The third-order valence-electron chi connectivity index (χ3n) is 4.35. The topological polar surface area (TPSA) is 59.5 Å². The lowest BCUT2D eigenvalue weighted by Gasteiger charge is -2.26. The van der Waals surface area contributed by atoms with Gasteiger partial charge in [-0.1, -0.05) is 35.9 Å². The van der Waals surface area contributed by atoms with Crippen molar-refractivity contribution in [3.8, 4) is 21.8 Å². The van der Waals surface area contributed by atoms with Gasteiger partial charge in [-0.2, -0.15) is 4.31 Å². The molecule has 0 spiro atoms. The van der Waals surface area contributed by atoms with Crippen LogP contribution in [0.15, 0.2) is 58.8 Å². The van der Waals surface area contributed by atoms with Gasteiger partial charge in [0.1, 0.15) is 5.01 Å². The molecule has 3 aromatic rings. The smallest absolute Gasteiger partial charge is 0.243 e. The summed E-state index contributed by atoms with van der Waals surface area (Å²) in [6.45, 7) is 1.65. The van der Waals surface area contributed by atoms with Gasteiger partial charge in [0.25, 0.3) is 0 Å². The van der Waals surface area contributed by atoms with Gasteiger partial charge in [0, 0.05) is 34.6 Å². The summed E-state index contributed by atoms with van der Waals surface area (Å²) >= 11 is 7.47. The molecule has 0 amide bonds. The minimum atomic E-state index is -3.48. The second-order valence-corrected chi connectivity index (χ2v) is 9.32. The predicted octanol–water partition coefficient (Wildman–Crippen LogP) is 4.57. The van der Waals surface area contributed by atoms with Crippen LogP contribution in [0.5, 0.6) is 0 Å². The van der Waals surface area contributed by atoms with Gasteiger partial charge >= 0.3 is 0 Å². The van der Waals surface area contributed by atoms with E-state index in [-0.39, 0.29) is 12.4 Å². The fourth-order valence-electron chi connectivity index (χ4n) is 2.87. The van der Waals surface area contributed by atoms with Crippen LogP contribution in [0.2, 0.25) is 5.02 Å². The second kappa shape index (κ2) is 8.90. The van der Waals surface area contributed by atoms with Crippen LogP contribution < -0.4 is 0 Å². The number of morpholine rings is 1. The van der Waals surface area contributed by atoms with Crippen molar-refractivity contribution in [1.82, 2.24) is 9.29 Å². The molecule has 2 aromatic carbocycles. The molecule has 5 nitrogen and oxygen atoms in total. The number of ether oxygens (including phenoxy) is 1. The first-order valence-corrected chi connectivity index (χ1v) is 11.1. The Morgan fingerprint density at radius 1 is 0.964 bits per heavy atom. The second-order valence-electron chi connectivity index (χ2n) is 6.09. The van der Waals surface area contributed by atoms with Crippen molar-refractivity contribution < 1.29 is 13.2 Å². The first-order valence-electron chi connectivity index (χ1n) is 8.44. The Kier molecular flexibility index (Phi) is 6.75. The highest BCUT2D eigenvalue weighted by molar-refractivity contribution is 7.89. The summed E-state index contributed by atoms with van der Waals surface area (Å²) in [6.07, 6.45) is 0. The van der Waals surface area contributed by atoms with Gasteiger partial charge < -0.3 is 4.74 Å². The molecule has 0 N–H and O–H groups in total. The van der Waals surface area contributed by atoms with E-state index in [9.17, 15) is 8.42 Å². The number of thiazole rings is 1. The lowest BCUT2D eigenvalue weighted by molar-refractivity contribution is 0.0730. The molecule has 9 heteroatoms.